The van der Waals surface area contributed by atoms with Gasteiger partial charge in [-0.3, -0.25) is 4.79 Å². The van der Waals surface area contributed by atoms with Crippen molar-refractivity contribution in [3.8, 4) is 11.6 Å². The number of nitrogen functional groups attached to an aromatic ring is 1. The first-order valence-corrected chi connectivity index (χ1v) is 12.0. The van der Waals surface area contributed by atoms with E-state index in [0.29, 0.717) is 36.3 Å². The van der Waals surface area contributed by atoms with Crippen LogP contribution in [0.4, 0.5) is 17.6 Å². The summed E-state index contributed by atoms with van der Waals surface area (Å²) in [6, 6.07) is 11.4. The summed E-state index contributed by atoms with van der Waals surface area (Å²) >= 11 is 0. The second-order valence-corrected chi connectivity index (χ2v) is 8.85. The van der Waals surface area contributed by atoms with Crippen molar-refractivity contribution in [3.05, 3.63) is 48.2 Å². The molecule has 0 spiro atoms. The molecule has 0 atom stereocenters. The Labute approximate surface area is 208 Å². The van der Waals surface area contributed by atoms with E-state index in [-0.39, 0.29) is 11.9 Å². The van der Waals surface area contributed by atoms with Crippen LogP contribution in [0.15, 0.2) is 47.1 Å². The lowest BCUT2D eigenvalue weighted by molar-refractivity contribution is -0.116. The zero-order chi connectivity index (χ0) is 24.9. The van der Waals surface area contributed by atoms with E-state index in [9.17, 15) is 4.79 Å². The highest BCUT2D eigenvalue weighted by molar-refractivity contribution is 5.90. The van der Waals surface area contributed by atoms with Gasteiger partial charge in [0.1, 0.15) is 0 Å². The van der Waals surface area contributed by atoms with E-state index in [0.717, 1.165) is 50.4 Å². The van der Waals surface area contributed by atoms with Gasteiger partial charge in [0, 0.05) is 51.4 Å². The Balaban J connectivity index is 1.09. The van der Waals surface area contributed by atoms with Gasteiger partial charge < -0.3 is 30.6 Å². The molecule has 5 rings (SSSR count). The smallest absolute Gasteiger partial charge is 0.259 e. The molecule has 0 radical (unpaired) electrons. The van der Waals surface area contributed by atoms with Crippen LogP contribution in [0.25, 0.3) is 17.4 Å². The molecule has 1 saturated heterocycles. The Morgan fingerprint density at radius 3 is 2.64 bits per heavy atom. The minimum atomic E-state index is 0.0390. The third-order valence-electron chi connectivity index (χ3n) is 6.16. The van der Waals surface area contributed by atoms with Crippen molar-refractivity contribution in [2.24, 2.45) is 0 Å². The molecule has 4 N–H and O–H groups in total. The first-order valence-electron chi connectivity index (χ1n) is 12.0. The Kier molecular flexibility index (Phi) is 7.05. The number of piperazine rings is 1. The number of anilines is 3. The van der Waals surface area contributed by atoms with E-state index in [1.165, 1.54) is 4.52 Å². The van der Waals surface area contributed by atoms with Gasteiger partial charge in [-0.1, -0.05) is 12.1 Å². The van der Waals surface area contributed by atoms with E-state index >= 15 is 0 Å². The van der Waals surface area contributed by atoms with Crippen molar-refractivity contribution in [1.82, 2.24) is 34.4 Å². The fraction of sp³-hybridized carbons (Fsp3) is 0.375. The molecule has 12 nitrogen and oxygen atoms in total. The Morgan fingerprint density at radius 1 is 1.08 bits per heavy atom. The highest BCUT2D eigenvalue weighted by Crippen LogP contribution is 2.18. The fourth-order valence-corrected chi connectivity index (χ4v) is 4.02. The summed E-state index contributed by atoms with van der Waals surface area (Å²) in [4.78, 5) is 30.0. The molecule has 12 heteroatoms. The van der Waals surface area contributed by atoms with E-state index in [1.807, 2.05) is 24.3 Å². The van der Waals surface area contributed by atoms with Gasteiger partial charge in [-0.05, 0) is 43.3 Å². The minimum absolute atomic E-state index is 0.0390. The SMILES string of the molecule is CN1CCN(CCC(=O)Nc2ccc(CCNc3nc(N)n4nc(-c5ccco5)nc4n3)cc2)CC1. The third kappa shape index (κ3) is 5.78. The normalized spacial score (nSPS) is 14.8. The number of amides is 1. The lowest BCUT2D eigenvalue weighted by Gasteiger charge is -2.32. The first-order chi connectivity index (χ1) is 17.5. The van der Waals surface area contributed by atoms with Crippen LogP contribution in [0.3, 0.4) is 0 Å². The third-order valence-corrected chi connectivity index (χ3v) is 6.16. The highest BCUT2D eigenvalue weighted by Gasteiger charge is 2.15. The van der Waals surface area contributed by atoms with Gasteiger partial charge in [0.2, 0.25) is 23.6 Å². The Bertz CT molecular complexity index is 1290. The topological polar surface area (TPSA) is 143 Å². The average molecular weight is 491 g/mol. The highest BCUT2D eigenvalue weighted by atomic mass is 16.3. The zero-order valence-electron chi connectivity index (χ0n) is 20.2. The molecule has 4 heterocycles. The largest absolute Gasteiger partial charge is 0.461 e. The lowest BCUT2D eigenvalue weighted by atomic mass is 10.1. The number of hydrogen-bond donors (Lipinski definition) is 3. The summed E-state index contributed by atoms with van der Waals surface area (Å²) in [5.74, 6) is 1.86. The minimum Gasteiger partial charge on any atom is -0.461 e. The number of nitrogens with two attached hydrogens (primary N) is 1. The second kappa shape index (κ2) is 10.7. The van der Waals surface area contributed by atoms with Crippen LogP contribution in [-0.4, -0.2) is 86.6 Å². The van der Waals surface area contributed by atoms with Crippen LogP contribution in [0.2, 0.25) is 0 Å². The van der Waals surface area contributed by atoms with Gasteiger partial charge in [-0.2, -0.15) is 19.5 Å². The van der Waals surface area contributed by atoms with Gasteiger partial charge >= 0.3 is 0 Å². The number of nitrogens with zero attached hydrogens (tertiary/aromatic N) is 7. The molecule has 4 aromatic rings. The van der Waals surface area contributed by atoms with Gasteiger partial charge in [-0.25, -0.2) is 0 Å². The number of carbonyl (C=O) groups is 1. The van der Waals surface area contributed by atoms with Crippen molar-refractivity contribution >= 4 is 29.3 Å². The molecule has 36 heavy (non-hydrogen) atoms. The van der Waals surface area contributed by atoms with Gasteiger partial charge in [0.15, 0.2) is 5.76 Å². The first kappa shape index (κ1) is 23.7. The number of likely N-dealkylation sites (N-methyl/N-ethyl adjacent to an activating group) is 1. The van der Waals surface area contributed by atoms with Crippen LogP contribution in [0, 0.1) is 0 Å². The van der Waals surface area contributed by atoms with Crippen LogP contribution in [0.1, 0.15) is 12.0 Å². The number of aromatic nitrogens is 5. The average Bonchev–Trinajstić information content (AvgIpc) is 3.55. The molecule has 1 aliphatic rings. The number of rotatable bonds is 9. The van der Waals surface area contributed by atoms with E-state index in [1.54, 1.807) is 18.4 Å². The molecule has 0 bridgehead atoms. The monoisotopic (exact) mass is 490 g/mol. The molecule has 0 saturated carbocycles. The summed E-state index contributed by atoms with van der Waals surface area (Å²) in [6.07, 6.45) is 2.80. The fourth-order valence-electron chi connectivity index (χ4n) is 4.02. The van der Waals surface area contributed by atoms with Crippen molar-refractivity contribution in [1.29, 1.82) is 0 Å². The molecule has 1 amide bonds. The number of furan rings is 1. The summed E-state index contributed by atoms with van der Waals surface area (Å²) < 4.78 is 6.71. The number of fused-ring (bicyclic) bond motifs is 1. The second-order valence-electron chi connectivity index (χ2n) is 8.85. The maximum absolute atomic E-state index is 12.3. The molecule has 1 fully saturated rings. The molecule has 0 unspecified atom stereocenters. The maximum atomic E-state index is 12.3. The lowest BCUT2D eigenvalue weighted by Crippen LogP contribution is -2.45. The summed E-state index contributed by atoms with van der Waals surface area (Å²) in [6.45, 7) is 5.54. The van der Waals surface area contributed by atoms with E-state index in [2.05, 4.69) is 47.5 Å². The van der Waals surface area contributed by atoms with Crippen LogP contribution in [0.5, 0.6) is 0 Å². The molecule has 0 aliphatic carbocycles. The molecular weight excluding hydrogens is 460 g/mol. The van der Waals surface area contributed by atoms with Crippen LogP contribution < -0.4 is 16.4 Å². The Morgan fingerprint density at radius 2 is 1.89 bits per heavy atom. The zero-order valence-corrected chi connectivity index (χ0v) is 20.2. The van der Waals surface area contributed by atoms with E-state index < -0.39 is 0 Å². The standard InChI is InChI=1S/C24H30N10O2/c1-32-12-14-33(15-13-32)11-9-20(35)27-18-6-4-17(5-7-18)8-10-26-23-29-22(25)34-24(30-23)28-21(31-34)19-3-2-16-36-19/h2-7,16H,8-15H2,1H3,(H,27,35)(H3,25,26,28,29,30,31). The number of hydrogen-bond acceptors (Lipinski definition) is 10. The van der Waals surface area contributed by atoms with Gasteiger partial charge in [0.25, 0.3) is 5.78 Å². The maximum Gasteiger partial charge on any atom is 0.259 e. The van der Waals surface area contributed by atoms with Crippen molar-refractivity contribution in [2.45, 2.75) is 12.8 Å². The molecule has 3 aromatic heterocycles. The Hall–Kier alpha value is -4.03. The van der Waals surface area contributed by atoms with E-state index in [4.69, 9.17) is 10.2 Å². The molecular formula is C24H30N10O2. The summed E-state index contributed by atoms with van der Waals surface area (Å²) in [7, 11) is 2.13. The summed E-state index contributed by atoms with van der Waals surface area (Å²) in [5.41, 5.74) is 7.95. The van der Waals surface area contributed by atoms with Crippen molar-refractivity contribution in [2.75, 3.05) is 62.7 Å². The predicted octanol–water partition coefficient (Wildman–Crippen LogP) is 1.59. The predicted molar refractivity (Wildman–Crippen MR) is 137 cm³/mol. The van der Waals surface area contributed by atoms with Crippen LogP contribution >= 0.6 is 0 Å². The summed E-state index contributed by atoms with van der Waals surface area (Å²) in [5, 5.41) is 10.5. The molecule has 1 aliphatic heterocycles. The van der Waals surface area contributed by atoms with Crippen molar-refractivity contribution < 1.29 is 9.21 Å². The van der Waals surface area contributed by atoms with Crippen molar-refractivity contribution in [3.63, 3.8) is 0 Å². The number of carbonyl (C=O) groups excluding carboxylic acids is 1. The quantitative estimate of drug-likeness (QED) is 0.316. The molecule has 188 valence electrons. The number of nitrogens with one attached hydrogen (secondary N) is 2. The van der Waals surface area contributed by atoms with Gasteiger partial charge in [0.05, 0.1) is 6.26 Å². The van der Waals surface area contributed by atoms with Crippen LogP contribution in [-0.2, 0) is 11.2 Å². The molecule has 1 aromatic carbocycles. The number of benzene rings is 1. The van der Waals surface area contributed by atoms with Gasteiger partial charge in [-0.15, -0.1) is 5.10 Å².